The molecule has 1 fully saturated rings. The summed E-state index contributed by atoms with van der Waals surface area (Å²) in [5, 5.41) is 8.42. The number of carbonyl (C=O) groups is 3. The molecule has 0 aromatic heterocycles. The van der Waals surface area contributed by atoms with Crippen molar-refractivity contribution in [2.45, 2.75) is 0 Å². The normalized spacial score (nSPS) is 15.9. The van der Waals surface area contributed by atoms with Gasteiger partial charge in [0.05, 0.1) is 8.48 Å². The molecule has 1 heterocycles. The second-order valence-corrected chi connectivity index (χ2v) is 7.64. The Morgan fingerprint density at radius 3 is 2.79 bits per heavy atom. The number of thioether (sulfide) groups is 1. The minimum Gasteiger partial charge on any atom is -0.480 e. The number of aliphatic carboxylic acids is 1. The summed E-state index contributed by atoms with van der Waals surface area (Å²) in [6.45, 7) is 3.16. The van der Waals surface area contributed by atoms with Crippen LogP contribution in [-0.2, 0) is 9.59 Å². The van der Waals surface area contributed by atoms with E-state index in [2.05, 4.69) is 22.5 Å². The summed E-state index contributed by atoms with van der Waals surface area (Å²) in [4.78, 5) is 36.2. The predicted molar refractivity (Wildman–Crippen MR) is 103 cm³/mol. The Kier molecular flexibility index (Phi) is 6.47. The molecule has 126 valence electrons. The molecule has 2 rings (SSSR count). The summed E-state index contributed by atoms with van der Waals surface area (Å²) in [5.74, 6) is -1.17. The molecule has 0 spiro atoms. The van der Waals surface area contributed by atoms with Crippen molar-refractivity contribution in [2.24, 2.45) is 0 Å². The molecule has 24 heavy (non-hydrogen) atoms. The maximum absolute atomic E-state index is 12.3. The van der Waals surface area contributed by atoms with Crippen molar-refractivity contribution in [1.82, 2.24) is 4.90 Å². The van der Waals surface area contributed by atoms with Crippen LogP contribution < -0.4 is 4.74 Å². The van der Waals surface area contributed by atoms with Crippen molar-refractivity contribution in [3.63, 3.8) is 0 Å². The van der Waals surface area contributed by atoms with E-state index in [1.54, 1.807) is 12.1 Å². The summed E-state index contributed by atoms with van der Waals surface area (Å²) in [6.07, 6.45) is 3.00. The number of imide groups is 1. The van der Waals surface area contributed by atoms with Gasteiger partial charge in [0.2, 0.25) is 0 Å². The number of carboxylic acids is 1. The minimum absolute atomic E-state index is 0.139. The van der Waals surface area contributed by atoms with Crippen LogP contribution in [0.15, 0.2) is 34.2 Å². The van der Waals surface area contributed by atoms with Gasteiger partial charge >= 0.3 is 5.97 Å². The summed E-state index contributed by atoms with van der Waals surface area (Å²) in [7, 11) is 0. The Balaban J connectivity index is 2.41. The highest BCUT2D eigenvalue weighted by atomic mass is 127. The zero-order valence-corrected chi connectivity index (χ0v) is 16.7. The van der Waals surface area contributed by atoms with Crippen LogP contribution in [0.2, 0.25) is 0 Å². The molecular formula is C15H11BrINO5S. The van der Waals surface area contributed by atoms with E-state index in [1.165, 1.54) is 12.2 Å². The van der Waals surface area contributed by atoms with Gasteiger partial charge < -0.3 is 9.84 Å². The highest BCUT2D eigenvalue weighted by molar-refractivity contribution is 14.1. The number of carboxylic acid groups (broad SMARTS) is 1. The second-order valence-electron chi connectivity index (χ2n) is 4.57. The largest absolute Gasteiger partial charge is 0.480 e. The molecule has 1 aliphatic heterocycles. The van der Waals surface area contributed by atoms with Crippen LogP contribution in [0.4, 0.5) is 4.79 Å². The molecule has 0 unspecified atom stereocenters. The van der Waals surface area contributed by atoms with Gasteiger partial charge in [-0.25, -0.2) is 4.79 Å². The van der Waals surface area contributed by atoms with E-state index < -0.39 is 18.5 Å². The SMILES string of the molecule is C=CCN1C(=O)SC(=Cc2cc(Br)cc(I)c2OCC(=O)O)C1=O. The molecule has 6 nitrogen and oxygen atoms in total. The van der Waals surface area contributed by atoms with E-state index in [-0.39, 0.29) is 16.7 Å². The lowest BCUT2D eigenvalue weighted by Gasteiger charge is -2.11. The number of rotatable bonds is 6. The van der Waals surface area contributed by atoms with Crippen LogP contribution in [0, 0.1) is 3.57 Å². The molecule has 1 N–H and O–H groups in total. The molecule has 0 atom stereocenters. The van der Waals surface area contributed by atoms with E-state index in [0.29, 0.717) is 14.9 Å². The number of amides is 2. The van der Waals surface area contributed by atoms with Gasteiger partial charge in [0, 0.05) is 16.6 Å². The summed E-state index contributed by atoms with van der Waals surface area (Å²) >= 11 is 6.19. The van der Waals surface area contributed by atoms with Gasteiger partial charge in [-0.05, 0) is 52.6 Å². The molecule has 0 aliphatic carbocycles. The highest BCUT2D eigenvalue weighted by Gasteiger charge is 2.34. The van der Waals surface area contributed by atoms with Crippen LogP contribution >= 0.6 is 50.3 Å². The number of carbonyl (C=O) groups excluding carboxylic acids is 2. The van der Waals surface area contributed by atoms with E-state index in [9.17, 15) is 14.4 Å². The Bertz CT molecular complexity index is 764. The number of hydrogen-bond acceptors (Lipinski definition) is 5. The Morgan fingerprint density at radius 2 is 2.17 bits per heavy atom. The van der Waals surface area contributed by atoms with Crippen molar-refractivity contribution >= 4 is 73.5 Å². The minimum atomic E-state index is -1.11. The average Bonchev–Trinajstić information content (AvgIpc) is 2.74. The first kappa shape index (κ1) is 19.0. The van der Waals surface area contributed by atoms with Crippen LogP contribution in [-0.4, -0.2) is 40.3 Å². The summed E-state index contributed by atoms with van der Waals surface area (Å²) in [6, 6.07) is 3.46. The molecular weight excluding hydrogens is 513 g/mol. The third-order valence-electron chi connectivity index (χ3n) is 2.85. The smallest absolute Gasteiger partial charge is 0.341 e. The van der Waals surface area contributed by atoms with E-state index >= 15 is 0 Å². The second kappa shape index (κ2) is 8.17. The fourth-order valence-corrected chi connectivity index (χ4v) is 4.45. The van der Waals surface area contributed by atoms with E-state index in [0.717, 1.165) is 21.1 Å². The third kappa shape index (κ3) is 4.39. The first-order valence-corrected chi connectivity index (χ1v) is 9.22. The van der Waals surface area contributed by atoms with Gasteiger partial charge in [-0.15, -0.1) is 6.58 Å². The van der Waals surface area contributed by atoms with Gasteiger partial charge in [-0.1, -0.05) is 22.0 Å². The summed E-state index contributed by atoms with van der Waals surface area (Å²) in [5.41, 5.74) is 0.513. The fourth-order valence-electron chi connectivity index (χ4n) is 1.90. The lowest BCUT2D eigenvalue weighted by Crippen LogP contribution is -2.27. The topological polar surface area (TPSA) is 83.9 Å². The van der Waals surface area contributed by atoms with E-state index in [1.807, 2.05) is 22.6 Å². The first-order valence-electron chi connectivity index (χ1n) is 6.53. The van der Waals surface area contributed by atoms with Crippen LogP contribution in [0.3, 0.4) is 0 Å². The van der Waals surface area contributed by atoms with Crippen LogP contribution in [0.5, 0.6) is 5.75 Å². The Hall–Kier alpha value is -1.33. The first-order chi connectivity index (χ1) is 11.3. The highest BCUT2D eigenvalue weighted by Crippen LogP contribution is 2.36. The van der Waals surface area contributed by atoms with Gasteiger partial charge in [-0.3, -0.25) is 14.5 Å². The Morgan fingerprint density at radius 1 is 1.46 bits per heavy atom. The number of benzene rings is 1. The third-order valence-corrected chi connectivity index (χ3v) is 5.02. The molecule has 1 aromatic carbocycles. The maximum atomic E-state index is 12.3. The van der Waals surface area contributed by atoms with Crippen molar-refractivity contribution in [3.05, 3.63) is 43.3 Å². The molecule has 0 saturated carbocycles. The fraction of sp³-hybridized carbons (Fsp3) is 0.133. The zero-order valence-electron chi connectivity index (χ0n) is 12.1. The van der Waals surface area contributed by atoms with Gasteiger partial charge in [0.25, 0.3) is 11.1 Å². The van der Waals surface area contributed by atoms with Crippen molar-refractivity contribution < 1.29 is 24.2 Å². The van der Waals surface area contributed by atoms with Gasteiger partial charge in [0.1, 0.15) is 5.75 Å². The lowest BCUT2D eigenvalue weighted by atomic mass is 10.2. The summed E-state index contributed by atoms with van der Waals surface area (Å²) < 4.78 is 6.75. The van der Waals surface area contributed by atoms with Crippen molar-refractivity contribution in [3.8, 4) is 5.75 Å². The standard InChI is InChI=1S/C15H11BrINO5S/c1-2-3-18-14(21)11(24-15(18)22)5-8-4-9(16)6-10(17)13(8)23-7-12(19)20/h2,4-6H,1,3,7H2,(H,19,20). The zero-order chi connectivity index (χ0) is 17.9. The lowest BCUT2D eigenvalue weighted by molar-refractivity contribution is -0.139. The van der Waals surface area contributed by atoms with E-state index in [4.69, 9.17) is 9.84 Å². The maximum Gasteiger partial charge on any atom is 0.341 e. The molecule has 1 aromatic rings. The average molecular weight is 524 g/mol. The number of hydrogen-bond donors (Lipinski definition) is 1. The molecule has 1 aliphatic rings. The molecule has 2 amide bonds. The molecule has 0 bridgehead atoms. The molecule has 9 heteroatoms. The number of halogens is 2. The molecule has 1 saturated heterocycles. The molecule has 0 radical (unpaired) electrons. The Labute approximate surface area is 164 Å². The quantitative estimate of drug-likeness (QED) is 0.347. The predicted octanol–water partition coefficient (Wildman–Crippen LogP) is 3.74. The van der Waals surface area contributed by atoms with Crippen molar-refractivity contribution in [2.75, 3.05) is 13.2 Å². The van der Waals surface area contributed by atoms with Gasteiger partial charge in [0.15, 0.2) is 6.61 Å². The van der Waals surface area contributed by atoms with Crippen molar-refractivity contribution in [1.29, 1.82) is 0 Å². The number of ether oxygens (including phenoxy) is 1. The van der Waals surface area contributed by atoms with Gasteiger partial charge in [-0.2, -0.15) is 0 Å². The van der Waals surface area contributed by atoms with Crippen LogP contribution in [0.25, 0.3) is 6.08 Å². The van der Waals surface area contributed by atoms with Crippen LogP contribution in [0.1, 0.15) is 5.56 Å². The number of nitrogens with zero attached hydrogens (tertiary/aromatic N) is 1. The monoisotopic (exact) mass is 523 g/mol.